The normalized spacial score (nSPS) is 13.0. The van der Waals surface area contributed by atoms with Crippen LogP contribution in [0.1, 0.15) is 23.1 Å². The van der Waals surface area contributed by atoms with Crippen molar-refractivity contribution in [3.63, 3.8) is 0 Å². The van der Waals surface area contributed by atoms with Crippen LogP contribution in [-0.4, -0.2) is 27.1 Å². The molecule has 6 nitrogen and oxygen atoms in total. The van der Waals surface area contributed by atoms with Gasteiger partial charge in [-0.1, -0.05) is 35.3 Å². The maximum atomic E-state index is 12.2. The Morgan fingerprint density at radius 2 is 2.00 bits per heavy atom. The molecular formula is C19H13Cl2N3O3. The number of nitrogens with zero attached hydrogens (tertiary/aromatic N) is 2. The molecule has 0 spiro atoms. The third-order valence-corrected chi connectivity index (χ3v) is 4.56. The lowest BCUT2D eigenvalue weighted by Crippen LogP contribution is -2.18. The number of carbonyl (C=O) groups excluding carboxylic acids is 1. The number of aliphatic hydroxyl groups is 1. The van der Waals surface area contributed by atoms with E-state index in [9.17, 15) is 15.2 Å². The van der Waals surface area contributed by atoms with Crippen LogP contribution in [0.4, 0.5) is 0 Å². The maximum Gasteiger partial charge on any atom is 0.338 e. The molecular weight excluding hydrogens is 389 g/mol. The molecule has 0 amide bonds. The molecule has 1 atom stereocenters. The van der Waals surface area contributed by atoms with E-state index in [0.717, 1.165) is 0 Å². The van der Waals surface area contributed by atoms with Gasteiger partial charge in [-0.15, -0.1) is 0 Å². The number of hydrogen-bond donors (Lipinski definition) is 2. The zero-order valence-electron chi connectivity index (χ0n) is 14.0. The van der Waals surface area contributed by atoms with Crippen LogP contribution in [0, 0.1) is 11.3 Å². The summed E-state index contributed by atoms with van der Waals surface area (Å²) >= 11 is 11.7. The molecule has 2 N–H and O–H groups in total. The molecule has 136 valence electrons. The van der Waals surface area contributed by atoms with Gasteiger partial charge in [-0.05, 0) is 37.3 Å². The van der Waals surface area contributed by atoms with Crippen LogP contribution >= 0.6 is 23.2 Å². The number of aromatic nitrogens is 2. The van der Waals surface area contributed by atoms with Gasteiger partial charge in [0.05, 0.1) is 26.6 Å². The number of fused-ring (bicyclic) bond motifs is 1. The van der Waals surface area contributed by atoms with Gasteiger partial charge >= 0.3 is 5.97 Å². The highest BCUT2D eigenvalue weighted by atomic mass is 35.5. The second kappa shape index (κ2) is 7.70. The minimum absolute atomic E-state index is 0.111. The Balaban J connectivity index is 1.87. The van der Waals surface area contributed by atoms with E-state index in [1.807, 2.05) is 18.2 Å². The van der Waals surface area contributed by atoms with Crippen molar-refractivity contribution in [3.8, 4) is 6.07 Å². The van der Waals surface area contributed by atoms with E-state index in [-0.39, 0.29) is 22.0 Å². The Kier molecular flexibility index (Phi) is 5.36. The fourth-order valence-corrected chi connectivity index (χ4v) is 2.71. The molecule has 1 aromatic heterocycles. The van der Waals surface area contributed by atoms with Crippen molar-refractivity contribution in [3.05, 3.63) is 69.7 Å². The summed E-state index contributed by atoms with van der Waals surface area (Å²) in [5.41, 5.74) is 1.42. The highest BCUT2D eigenvalue weighted by Crippen LogP contribution is 2.24. The number of aromatic amines is 1. The summed E-state index contributed by atoms with van der Waals surface area (Å²) in [6.45, 7) is 1.45. The van der Waals surface area contributed by atoms with Crippen molar-refractivity contribution in [1.82, 2.24) is 9.97 Å². The highest BCUT2D eigenvalue weighted by molar-refractivity contribution is 6.42. The number of para-hydroxylation sites is 2. The number of ether oxygens (including phenoxy) is 1. The molecule has 27 heavy (non-hydrogen) atoms. The summed E-state index contributed by atoms with van der Waals surface area (Å²) in [5, 5.41) is 20.4. The molecule has 0 bridgehead atoms. The number of aliphatic hydroxyl groups excluding tert-OH is 1. The molecule has 0 aliphatic carbocycles. The van der Waals surface area contributed by atoms with Gasteiger partial charge in [0.2, 0.25) is 0 Å². The Labute approximate surface area is 164 Å². The van der Waals surface area contributed by atoms with E-state index in [1.165, 1.54) is 25.1 Å². The predicted molar refractivity (Wildman–Crippen MR) is 103 cm³/mol. The van der Waals surface area contributed by atoms with Gasteiger partial charge < -0.3 is 14.8 Å². The van der Waals surface area contributed by atoms with Crippen LogP contribution in [-0.2, 0) is 4.74 Å². The zero-order chi connectivity index (χ0) is 19.6. The second-order valence-corrected chi connectivity index (χ2v) is 6.47. The van der Waals surface area contributed by atoms with Crippen LogP contribution in [0.2, 0.25) is 10.0 Å². The van der Waals surface area contributed by atoms with Gasteiger partial charge in [-0.3, -0.25) is 0 Å². The lowest BCUT2D eigenvalue weighted by molar-refractivity contribution is 0.0334. The summed E-state index contributed by atoms with van der Waals surface area (Å²) < 4.78 is 5.23. The van der Waals surface area contributed by atoms with Crippen LogP contribution in [0.15, 0.2) is 48.2 Å². The Bertz CT molecular complexity index is 1070. The molecule has 0 radical (unpaired) electrons. The Morgan fingerprint density at radius 1 is 1.26 bits per heavy atom. The summed E-state index contributed by atoms with van der Waals surface area (Å²) in [4.78, 5) is 19.5. The van der Waals surface area contributed by atoms with Gasteiger partial charge in [0.25, 0.3) is 0 Å². The number of carbonyl (C=O) groups is 1. The monoisotopic (exact) mass is 401 g/mol. The van der Waals surface area contributed by atoms with Gasteiger partial charge in [-0.25, -0.2) is 9.78 Å². The Hall–Kier alpha value is -3.01. The number of halogens is 2. The number of benzene rings is 2. The number of hydrogen-bond acceptors (Lipinski definition) is 5. The van der Waals surface area contributed by atoms with E-state index < -0.39 is 17.8 Å². The third-order valence-electron chi connectivity index (χ3n) is 3.82. The van der Waals surface area contributed by atoms with Gasteiger partial charge in [0.1, 0.15) is 11.6 Å². The van der Waals surface area contributed by atoms with E-state index in [2.05, 4.69) is 9.97 Å². The first-order chi connectivity index (χ1) is 12.9. The van der Waals surface area contributed by atoms with Crippen molar-refractivity contribution in [2.24, 2.45) is 0 Å². The first-order valence-electron chi connectivity index (χ1n) is 7.85. The molecule has 1 heterocycles. The minimum atomic E-state index is -1.07. The van der Waals surface area contributed by atoms with Crippen LogP contribution in [0.25, 0.3) is 16.6 Å². The van der Waals surface area contributed by atoms with Crippen LogP contribution in [0.5, 0.6) is 0 Å². The summed E-state index contributed by atoms with van der Waals surface area (Å²) in [6.07, 6.45) is -1.07. The van der Waals surface area contributed by atoms with E-state index in [4.69, 9.17) is 27.9 Å². The molecule has 3 aromatic rings. The zero-order valence-corrected chi connectivity index (χ0v) is 15.5. The molecule has 3 rings (SSSR count). The maximum absolute atomic E-state index is 12.2. The quantitative estimate of drug-likeness (QED) is 0.367. The molecule has 2 aromatic carbocycles. The van der Waals surface area contributed by atoms with E-state index >= 15 is 0 Å². The van der Waals surface area contributed by atoms with Gasteiger partial charge in [-0.2, -0.15) is 5.26 Å². The standard InChI is InChI=1S/C19H13Cl2N3O3/c1-10(27-19(26)11-6-7-13(20)14(21)8-11)17(25)12(9-22)18-23-15-4-2-3-5-16(15)24-18/h2-8,10,25H,1H3,(H,23,24)/b17-12-/t10-/m0/s1. The van der Waals surface area contributed by atoms with Crippen molar-refractivity contribution in [1.29, 1.82) is 5.26 Å². The van der Waals surface area contributed by atoms with Crippen LogP contribution in [0.3, 0.4) is 0 Å². The average Bonchev–Trinajstić information content (AvgIpc) is 3.08. The minimum Gasteiger partial charge on any atom is -0.507 e. The largest absolute Gasteiger partial charge is 0.507 e. The van der Waals surface area contributed by atoms with Crippen molar-refractivity contribution in [2.75, 3.05) is 0 Å². The van der Waals surface area contributed by atoms with E-state index in [1.54, 1.807) is 12.1 Å². The first-order valence-corrected chi connectivity index (χ1v) is 8.60. The number of imidazole rings is 1. The van der Waals surface area contributed by atoms with Crippen molar-refractivity contribution >= 4 is 45.8 Å². The number of H-pyrrole nitrogens is 1. The van der Waals surface area contributed by atoms with E-state index in [0.29, 0.717) is 16.1 Å². The van der Waals surface area contributed by atoms with Crippen molar-refractivity contribution < 1.29 is 14.6 Å². The van der Waals surface area contributed by atoms with Crippen molar-refractivity contribution in [2.45, 2.75) is 13.0 Å². The average molecular weight is 402 g/mol. The molecule has 0 aliphatic rings. The summed E-state index contributed by atoms with van der Waals surface area (Å²) in [6, 6.07) is 13.4. The lowest BCUT2D eigenvalue weighted by atomic mass is 10.1. The summed E-state index contributed by atoms with van der Waals surface area (Å²) in [7, 11) is 0. The smallest absolute Gasteiger partial charge is 0.338 e. The molecule has 0 saturated heterocycles. The molecule has 8 heteroatoms. The Morgan fingerprint density at radius 3 is 2.67 bits per heavy atom. The molecule has 0 aliphatic heterocycles. The number of rotatable bonds is 4. The second-order valence-electron chi connectivity index (χ2n) is 5.65. The molecule has 0 saturated carbocycles. The molecule has 0 fully saturated rings. The van der Waals surface area contributed by atoms with Crippen LogP contribution < -0.4 is 0 Å². The van der Waals surface area contributed by atoms with Gasteiger partial charge in [0.15, 0.2) is 17.7 Å². The van der Waals surface area contributed by atoms with Gasteiger partial charge in [0, 0.05) is 0 Å². The fourth-order valence-electron chi connectivity index (χ4n) is 2.41. The topological polar surface area (TPSA) is 99.0 Å². The molecule has 0 unspecified atom stereocenters. The highest BCUT2D eigenvalue weighted by Gasteiger charge is 2.22. The third kappa shape index (κ3) is 3.90. The first kappa shape index (κ1) is 18.8. The number of allylic oxidation sites excluding steroid dienone is 1. The fraction of sp³-hybridized carbons (Fsp3) is 0.105. The number of nitrogens with one attached hydrogen (secondary N) is 1. The lowest BCUT2D eigenvalue weighted by Gasteiger charge is -2.14. The predicted octanol–water partition coefficient (Wildman–Crippen LogP) is 4.91. The SMILES string of the molecule is C[C@H](OC(=O)c1ccc(Cl)c(Cl)c1)/C(O)=C(\C#N)c1nc2ccccc2[nH]1. The number of nitriles is 1. The summed E-state index contributed by atoms with van der Waals surface area (Å²) in [5.74, 6) is -0.937. The number of esters is 1.